The molecule has 0 aromatic heterocycles. The van der Waals surface area contributed by atoms with Gasteiger partial charge in [0.2, 0.25) is 0 Å². The maximum absolute atomic E-state index is 6.04. The van der Waals surface area contributed by atoms with Crippen LogP contribution in [0.2, 0.25) is 0 Å². The quantitative estimate of drug-likeness (QED) is 0.768. The molecule has 0 unspecified atom stereocenters. The number of nitrogens with zero attached hydrogens (tertiary/aromatic N) is 2. The first kappa shape index (κ1) is 16.8. The molecule has 23 heavy (non-hydrogen) atoms. The minimum absolute atomic E-state index is 0.817. The minimum atomic E-state index is 0.817. The van der Waals surface area contributed by atoms with E-state index in [0.29, 0.717) is 0 Å². The number of rotatable bonds is 7. The van der Waals surface area contributed by atoms with Crippen LogP contribution in [0, 0.1) is 19.8 Å². The highest BCUT2D eigenvalue weighted by molar-refractivity contribution is 5.43. The fourth-order valence-corrected chi connectivity index (χ4v) is 3.48. The summed E-state index contributed by atoms with van der Waals surface area (Å²) in [7, 11) is 2.22. The molecule has 0 bridgehead atoms. The van der Waals surface area contributed by atoms with Gasteiger partial charge in [-0.1, -0.05) is 12.1 Å². The van der Waals surface area contributed by atoms with Crippen LogP contribution in [0.3, 0.4) is 0 Å². The van der Waals surface area contributed by atoms with Gasteiger partial charge in [0.25, 0.3) is 0 Å². The number of benzene rings is 1. The molecular formula is C20H32N2O. The molecule has 0 atom stereocenters. The Balaban J connectivity index is 1.47. The highest BCUT2D eigenvalue weighted by atomic mass is 16.5. The van der Waals surface area contributed by atoms with Gasteiger partial charge >= 0.3 is 0 Å². The normalized spacial score (nSPS) is 20.0. The number of hydrogen-bond acceptors (Lipinski definition) is 3. The average molecular weight is 316 g/mol. The molecule has 0 N–H and O–H groups in total. The Morgan fingerprint density at radius 3 is 2.30 bits per heavy atom. The van der Waals surface area contributed by atoms with Crippen LogP contribution in [0.25, 0.3) is 0 Å². The van der Waals surface area contributed by atoms with Crippen molar-refractivity contribution in [1.29, 1.82) is 0 Å². The summed E-state index contributed by atoms with van der Waals surface area (Å²) in [6.07, 6.45) is 5.13. The third-order valence-corrected chi connectivity index (χ3v) is 5.22. The topological polar surface area (TPSA) is 15.7 Å². The molecule has 1 saturated heterocycles. The van der Waals surface area contributed by atoms with Crippen LogP contribution in [0.15, 0.2) is 12.1 Å². The fraction of sp³-hybridized carbons (Fsp3) is 0.700. The summed E-state index contributed by atoms with van der Waals surface area (Å²) in [6, 6.07) is 4.67. The summed E-state index contributed by atoms with van der Waals surface area (Å²) >= 11 is 0. The molecule has 1 heterocycles. The van der Waals surface area contributed by atoms with Gasteiger partial charge in [-0.15, -0.1) is 0 Å². The van der Waals surface area contributed by atoms with Crippen molar-refractivity contribution in [1.82, 2.24) is 9.80 Å². The number of hydrogen-bond donors (Lipinski definition) is 0. The molecule has 3 heteroatoms. The SMILES string of the molecule is Cc1cc(CCCN2CCN(C)CC2)cc(C)c1OCC1CC1. The van der Waals surface area contributed by atoms with Crippen LogP contribution in [-0.4, -0.2) is 56.2 Å². The van der Waals surface area contributed by atoms with Crippen LogP contribution >= 0.6 is 0 Å². The van der Waals surface area contributed by atoms with Gasteiger partial charge in [-0.3, -0.25) is 0 Å². The van der Waals surface area contributed by atoms with Crippen LogP contribution < -0.4 is 4.74 Å². The van der Waals surface area contributed by atoms with E-state index in [2.05, 4.69) is 42.8 Å². The Kier molecular flexibility index (Phi) is 5.60. The van der Waals surface area contributed by atoms with Crippen LogP contribution in [-0.2, 0) is 6.42 Å². The van der Waals surface area contributed by atoms with Crippen molar-refractivity contribution in [2.24, 2.45) is 5.92 Å². The Morgan fingerprint density at radius 2 is 1.70 bits per heavy atom. The molecule has 0 amide bonds. The van der Waals surface area contributed by atoms with Gasteiger partial charge in [0, 0.05) is 26.2 Å². The highest BCUT2D eigenvalue weighted by Crippen LogP contribution is 2.32. The van der Waals surface area contributed by atoms with Gasteiger partial charge in [-0.2, -0.15) is 0 Å². The molecule has 2 fully saturated rings. The zero-order chi connectivity index (χ0) is 16.2. The van der Waals surface area contributed by atoms with E-state index in [1.54, 1.807) is 0 Å². The Morgan fingerprint density at radius 1 is 1.04 bits per heavy atom. The molecule has 1 aliphatic carbocycles. The third-order valence-electron chi connectivity index (χ3n) is 5.22. The minimum Gasteiger partial charge on any atom is -0.493 e. The second-order valence-electron chi connectivity index (χ2n) is 7.56. The molecule has 1 aromatic carbocycles. The lowest BCUT2D eigenvalue weighted by molar-refractivity contribution is 0.153. The maximum Gasteiger partial charge on any atom is 0.125 e. The van der Waals surface area contributed by atoms with Crippen LogP contribution in [0.5, 0.6) is 5.75 Å². The van der Waals surface area contributed by atoms with E-state index in [4.69, 9.17) is 4.74 Å². The van der Waals surface area contributed by atoms with Crippen molar-refractivity contribution in [2.45, 2.75) is 39.5 Å². The van der Waals surface area contributed by atoms with Crippen molar-refractivity contribution in [2.75, 3.05) is 46.4 Å². The predicted molar refractivity (Wildman–Crippen MR) is 96.4 cm³/mol. The van der Waals surface area contributed by atoms with E-state index in [9.17, 15) is 0 Å². The lowest BCUT2D eigenvalue weighted by Crippen LogP contribution is -2.44. The van der Waals surface area contributed by atoms with E-state index in [1.165, 1.54) is 75.1 Å². The molecule has 2 aliphatic rings. The van der Waals surface area contributed by atoms with Gasteiger partial charge in [-0.25, -0.2) is 0 Å². The van der Waals surface area contributed by atoms with Gasteiger partial charge in [0.05, 0.1) is 6.61 Å². The molecule has 0 spiro atoms. The maximum atomic E-state index is 6.04. The van der Waals surface area contributed by atoms with Crippen molar-refractivity contribution < 1.29 is 4.74 Å². The van der Waals surface area contributed by atoms with Crippen molar-refractivity contribution in [3.05, 3.63) is 28.8 Å². The second-order valence-corrected chi connectivity index (χ2v) is 7.56. The van der Waals surface area contributed by atoms with E-state index >= 15 is 0 Å². The molecule has 3 rings (SSSR count). The zero-order valence-corrected chi connectivity index (χ0v) is 15.1. The summed E-state index contributed by atoms with van der Waals surface area (Å²) in [6.45, 7) is 11.4. The molecule has 128 valence electrons. The molecule has 0 radical (unpaired) electrons. The van der Waals surface area contributed by atoms with Crippen LogP contribution in [0.1, 0.15) is 36.0 Å². The van der Waals surface area contributed by atoms with Crippen molar-refractivity contribution >= 4 is 0 Å². The van der Waals surface area contributed by atoms with Gasteiger partial charge in [-0.05, 0) is 75.7 Å². The number of ether oxygens (including phenoxy) is 1. The molecule has 3 nitrogen and oxygen atoms in total. The van der Waals surface area contributed by atoms with E-state index < -0.39 is 0 Å². The summed E-state index contributed by atoms with van der Waals surface area (Å²) in [5.74, 6) is 1.94. The fourth-order valence-electron chi connectivity index (χ4n) is 3.48. The van der Waals surface area contributed by atoms with Gasteiger partial charge in [0.1, 0.15) is 5.75 Å². The third kappa shape index (κ3) is 4.95. The monoisotopic (exact) mass is 316 g/mol. The molecule has 1 aromatic rings. The second kappa shape index (κ2) is 7.67. The van der Waals surface area contributed by atoms with Crippen molar-refractivity contribution in [3.8, 4) is 5.75 Å². The predicted octanol–water partition coefficient (Wildman–Crippen LogP) is 3.27. The van der Waals surface area contributed by atoms with Crippen molar-refractivity contribution in [3.63, 3.8) is 0 Å². The van der Waals surface area contributed by atoms with Gasteiger partial charge in [0.15, 0.2) is 0 Å². The zero-order valence-electron chi connectivity index (χ0n) is 15.1. The standard InChI is InChI=1S/C20H32N2O/c1-16-13-19(5-4-8-22-11-9-21(3)10-12-22)14-17(2)20(16)23-15-18-6-7-18/h13-14,18H,4-12,15H2,1-3H3. The van der Waals surface area contributed by atoms with E-state index in [0.717, 1.165) is 18.3 Å². The summed E-state index contributed by atoms with van der Waals surface area (Å²) in [5.41, 5.74) is 4.08. The lowest BCUT2D eigenvalue weighted by Gasteiger charge is -2.32. The smallest absolute Gasteiger partial charge is 0.125 e. The summed E-state index contributed by atoms with van der Waals surface area (Å²) in [4.78, 5) is 5.02. The van der Waals surface area contributed by atoms with E-state index in [-0.39, 0.29) is 0 Å². The Bertz CT molecular complexity index is 493. The Hall–Kier alpha value is -1.06. The van der Waals surface area contributed by atoms with E-state index in [1.807, 2.05) is 0 Å². The number of piperazine rings is 1. The number of aryl methyl sites for hydroxylation is 3. The Labute approximate surface area is 141 Å². The van der Waals surface area contributed by atoms with Gasteiger partial charge < -0.3 is 14.5 Å². The molecule has 1 saturated carbocycles. The first-order chi connectivity index (χ1) is 11.1. The summed E-state index contributed by atoms with van der Waals surface area (Å²) < 4.78 is 6.04. The highest BCUT2D eigenvalue weighted by Gasteiger charge is 2.22. The molecular weight excluding hydrogens is 284 g/mol. The van der Waals surface area contributed by atoms with Crippen LogP contribution in [0.4, 0.5) is 0 Å². The largest absolute Gasteiger partial charge is 0.493 e. The lowest BCUT2D eigenvalue weighted by atomic mass is 10.0. The first-order valence-electron chi connectivity index (χ1n) is 9.25. The first-order valence-corrected chi connectivity index (χ1v) is 9.25. The number of likely N-dealkylation sites (N-methyl/N-ethyl adjacent to an activating group) is 1. The average Bonchev–Trinajstić information content (AvgIpc) is 3.33. The molecule has 1 aliphatic heterocycles. The summed E-state index contributed by atoms with van der Waals surface area (Å²) in [5, 5.41) is 0.